The molecule has 5 nitrogen and oxygen atoms in total. The summed E-state index contributed by atoms with van der Waals surface area (Å²) in [5.74, 6) is -0.304. The van der Waals surface area contributed by atoms with Crippen LogP contribution >= 0.6 is 0 Å². The molecule has 1 saturated heterocycles. The van der Waals surface area contributed by atoms with E-state index in [4.69, 9.17) is 15.2 Å². The molecule has 2 aliphatic rings. The molecule has 1 aromatic heterocycles. The van der Waals surface area contributed by atoms with Crippen molar-refractivity contribution >= 4 is 11.7 Å². The zero-order valence-electron chi connectivity index (χ0n) is 12.1. The fraction of sp³-hybridized carbons (Fsp3) is 0.667. The summed E-state index contributed by atoms with van der Waals surface area (Å²) in [6.45, 7) is 4.44. The molecule has 0 amide bonds. The van der Waals surface area contributed by atoms with Crippen LogP contribution in [-0.2, 0) is 9.47 Å². The molecule has 1 saturated carbocycles. The fourth-order valence-electron chi connectivity index (χ4n) is 2.76. The number of rotatable bonds is 4. The molecule has 2 fully saturated rings. The number of anilines is 1. The number of nitrogens with two attached hydrogens (primary N) is 1. The smallest absolute Gasteiger partial charge is 0.355 e. The van der Waals surface area contributed by atoms with Crippen molar-refractivity contribution in [3.8, 4) is 0 Å². The number of hydrogen-bond donors (Lipinski definition) is 1. The fourth-order valence-corrected chi connectivity index (χ4v) is 2.76. The summed E-state index contributed by atoms with van der Waals surface area (Å²) in [4.78, 5) is 12.2. The number of esters is 1. The Kier molecular flexibility index (Phi) is 3.24. The summed E-state index contributed by atoms with van der Waals surface area (Å²) in [5.41, 5.74) is 6.85. The molecule has 0 radical (unpaired) electrons. The SMILES string of the molecule is CC1(C)CCC(COC(=O)c2cc(N)cn2C2CC2)O1. The first kappa shape index (κ1) is 13.5. The van der Waals surface area contributed by atoms with Gasteiger partial charge in [0.25, 0.3) is 0 Å². The number of hydrogen-bond acceptors (Lipinski definition) is 4. The second kappa shape index (κ2) is 4.81. The molecule has 2 N–H and O–H groups in total. The van der Waals surface area contributed by atoms with Gasteiger partial charge in [-0.3, -0.25) is 0 Å². The van der Waals surface area contributed by atoms with Crippen LogP contribution in [0.4, 0.5) is 5.69 Å². The number of nitrogen functional groups attached to an aromatic ring is 1. The lowest BCUT2D eigenvalue weighted by molar-refractivity contribution is -0.0447. The average molecular weight is 278 g/mol. The molecule has 0 aromatic carbocycles. The predicted molar refractivity (Wildman–Crippen MR) is 75.6 cm³/mol. The molecular weight excluding hydrogens is 256 g/mol. The van der Waals surface area contributed by atoms with Crippen molar-refractivity contribution < 1.29 is 14.3 Å². The van der Waals surface area contributed by atoms with E-state index in [1.54, 1.807) is 6.07 Å². The first-order chi connectivity index (χ1) is 9.44. The van der Waals surface area contributed by atoms with Crippen molar-refractivity contribution in [2.75, 3.05) is 12.3 Å². The second-order valence-electron chi connectivity index (χ2n) is 6.43. The Morgan fingerprint density at radius 1 is 1.50 bits per heavy atom. The highest BCUT2D eigenvalue weighted by atomic mass is 16.6. The number of ether oxygens (including phenoxy) is 2. The number of aromatic nitrogens is 1. The van der Waals surface area contributed by atoms with E-state index >= 15 is 0 Å². The summed E-state index contributed by atoms with van der Waals surface area (Å²) < 4.78 is 13.2. The molecule has 1 aliphatic carbocycles. The van der Waals surface area contributed by atoms with Crippen LogP contribution in [-0.4, -0.2) is 28.8 Å². The summed E-state index contributed by atoms with van der Waals surface area (Å²) in [5, 5.41) is 0. The molecule has 110 valence electrons. The van der Waals surface area contributed by atoms with E-state index in [0.29, 0.717) is 24.0 Å². The molecule has 1 unspecified atom stereocenters. The van der Waals surface area contributed by atoms with Gasteiger partial charge in [-0.15, -0.1) is 0 Å². The zero-order chi connectivity index (χ0) is 14.3. The van der Waals surface area contributed by atoms with Crippen molar-refractivity contribution in [3.63, 3.8) is 0 Å². The molecule has 3 rings (SSSR count). The van der Waals surface area contributed by atoms with Gasteiger partial charge < -0.3 is 19.8 Å². The van der Waals surface area contributed by atoms with Crippen LogP contribution in [0.1, 0.15) is 56.1 Å². The van der Waals surface area contributed by atoms with E-state index in [1.807, 2.05) is 10.8 Å². The van der Waals surface area contributed by atoms with Gasteiger partial charge in [0, 0.05) is 12.2 Å². The summed E-state index contributed by atoms with van der Waals surface area (Å²) in [6, 6.07) is 2.11. The van der Waals surface area contributed by atoms with Crippen LogP contribution in [0.2, 0.25) is 0 Å². The van der Waals surface area contributed by atoms with E-state index in [0.717, 1.165) is 25.7 Å². The Morgan fingerprint density at radius 2 is 2.25 bits per heavy atom. The van der Waals surface area contributed by atoms with Gasteiger partial charge >= 0.3 is 5.97 Å². The minimum atomic E-state index is -0.304. The van der Waals surface area contributed by atoms with E-state index in [9.17, 15) is 4.79 Å². The van der Waals surface area contributed by atoms with E-state index in [1.165, 1.54) is 0 Å². The van der Waals surface area contributed by atoms with Gasteiger partial charge in [-0.25, -0.2) is 4.79 Å². The third kappa shape index (κ3) is 2.82. The maximum atomic E-state index is 12.2. The molecule has 1 aromatic rings. The molecule has 5 heteroatoms. The molecule has 2 heterocycles. The van der Waals surface area contributed by atoms with Crippen molar-refractivity contribution in [1.29, 1.82) is 0 Å². The summed E-state index contributed by atoms with van der Waals surface area (Å²) in [7, 11) is 0. The maximum absolute atomic E-state index is 12.2. The minimum absolute atomic E-state index is 0.00985. The highest BCUT2D eigenvalue weighted by Gasteiger charge is 2.33. The van der Waals surface area contributed by atoms with Gasteiger partial charge in [0.15, 0.2) is 0 Å². The average Bonchev–Trinajstić information content (AvgIpc) is 3.06. The monoisotopic (exact) mass is 278 g/mol. The molecule has 0 bridgehead atoms. The molecule has 20 heavy (non-hydrogen) atoms. The van der Waals surface area contributed by atoms with Crippen LogP contribution in [0.3, 0.4) is 0 Å². The van der Waals surface area contributed by atoms with Gasteiger partial charge in [-0.2, -0.15) is 0 Å². The van der Waals surface area contributed by atoms with Gasteiger partial charge in [0.1, 0.15) is 12.3 Å². The maximum Gasteiger partial charge on any atom is 0.355 e. The van der Waals surface area contributed by atoms with Gasteiger partial charge in [0.2, 0.25) is 0 Å². The quantitative estimate of drug-likeness (QED) is 0.859. The largest absolute Gasteiger partial charge is 0.458 e. The lowest BCUT2D eigenvalue weighted by Crippen LogP contribution is -2.24. The first-order valence-corrected chi connectivity index (χ1v) is 7.27. The third-order valence-electron chi connectivity index (χ3n) is 3.97. The number of nitrogens with zero attached hydrogens (tertiary/aromatic N) is 1. The van der Waals surface area contributed by atoms with E-state index < -0.39 is 0 Å². The Balaban J connectivity index is 1.59. The van der Waals surface area contributed by atoms with Crippen LogP contribution < -0.4 is 5.73 Å². The van der Waals surface area contributed by atoms with Crippen molar-refractivity contribution in [2.45, 2.75) is 57.3 Å². The summed E-state index contributed by atoms with van der Waals surface area (Å²) in [6.07, 6.45) is 5.98. The topological polar surface area (TPSA) is 66.5 Å². The second-order valence-corrected chi connectivity index (χ2v) is 6.43. The highest BCUT2D eigenvalue weighted by molar-refractivity contribution is 5.89. The van der Waals surface area contributed by atoms with Crippen LogP contribution in [0, 0.1) is 0 Å². The van der Waals surface area contributed by atoms with Crippen molar-refractivity contribution in [2.24, 2.45) is 0 Å². The minimum Gasteiger partial charge on any atom is -0.458 e. The Hall–Kier alpha value is -1.49. The van der Waals surface area contributed by atoms with Gasteiger partial charge in [0.05, 0.1) is 17.4 Å². The van der Waals surface area contributed by atoms with Crippen LogP contribution in [0.5, 0.6) is 0 Å². The lowest BCUT2D eigenvalue weighted by Gasteiger charge is -2.19. The van der Waals surface area contributed by atoms with Gasteiger partial charge in [-0.05, 0) is 45.6 Å². The standard InChI is InChI=1S/C15H22N2O3/c1-15(2)6-5-12(20-15)9-19-14(18)13-7-10(16)8-17(13)11-3-4-11/h7-8,11-12H,3-6,9,16H2,1-2H3. The Bertz CT molecular complexity index is 517. The third-order valence-corrected chi connectivity index (χ3v) is 3.97. The van der Waals surface area contributed by atoms with Crippen molar-refractivity contribution in [3.05, 3.63) is 18.0 Å². The van der Waals surface area contributed by atoms with Gasteiger partial charge in [-0.1, -0.05) is 0 Å². The van der Waals surface area contributed by atoms with Crippen LogP contribution in [0.25, 0.3) is 0 Å². The number of carbonyl (C=O) groups is 1. The normalized spacial score (nSPS) is 24.8. The van der Waals surface area contributed by atoms with E-state index in [-0.39, 0.29) is 17.7 Å². The van der Waals surface area contributed by atoms with E-state index in [2.05, 4.69) is 13.8 Å². The lowest BCUT2D eigenvalue weighted by atomic mass is 10.1. The van der Waals surface area contributed by atoms with Crippen LogP contribution in [0.15, 0.2) is 12.3 Å². The molecule has 1 atom stereocenters. The molecule has 1 aliphatic heterocycles. The molecular formula is C15H22N2O3. The zero-order valence-corrected chi connectivity index (χ0v) is 12.1. The Labute approximate surface area is 119 Å². The van der Waals surface area contributed by atoms with Crippen molar-refractivity contribution in [1.82, 2.24) is 4.57 Å². The molecule has 0 spiro atoms. The highest BCUT2D eigenvalue weighted by Crippen LogP contribution is 2.37. The summed E-state index contributed by atoms with van der Waals surface area (Å²) >= 11 is 0. The Morgan fingerprint density at radius 3 is 2.85 bits per heavy atom. The first-order valence-electron chi connectivity index (χ1n) is 7.27. The predicted octanol–water partition coefficient (Wildman–Crippen LogP) is 2.52. The number of carbonyl (C=O) groups excluding carboxylic acids is 1.